The third-order valence-electron chi connectivity index (χ3n) is 1.43. The molecule has 0 saturated heterocycles. The SMILES string of the molecule is O=CNc1ccc(C(=O)O)cc1I. The van der Waals surface area contributed by atoms with Gasteiger partial charge in [-0.3, -0.25) is 4.79 Å². The third-order valence-corrected chi connectivity index (χ3v) is 2.32. The molecule has 1 rings (SSSR count). The highest BCUT2D eigenvalue weighted by molar-refractivity contribution is 14.1. The quantitative estimate of drug-likeness (QED) is 0.656. The van der Waals surface area contributed by atoms with Crippen LogP contribution in [0.1, 0.15) is 10.4 Å². The topological polar surface area (TPSA) is 66.4 Å². The summed E-state index contributed by atoms with van der Waals surface area (Å²) in [6.07, 6.45) is 0.554. The van der Waals surface area contributed by atoms with Crippen LogP contribution in [-0.4, -0.2) is 17.5 Å². The lowest BCUT2D eigenvalue weighted by molar-refractivity contribution is -0.105. The van der Waals surface area contributed by atoms with Crippen molar-refractivity contribution in [3.8, 4) is 0 Å². The summed E-state index contributed by atoms with van der Waals surface area (Å²) in [5.74, 6) is -0.976. The van der Waals surface area contributed by atoms with Gasteiger partial charge in [0, 0.05) is 3.57 Å². The number of rotatable bonds is 3. The second kappa shape index (κ2) is 4.22. The maximum atomic E-state index is 10.5. The van der Waals surface area contributed by atoms with Gasteiger partial charge in [0.15, 0.2) is 0 Å². The summed E-state index contributed by atoms with van der Waals surface area (Å²) in [5, 5.41) is 11.1. The minimum absolute atomic E-state index is 0.209. The first-order valence-corrected chi connectivity index (χ1v) is 4.46. The Morgan fingerprint density at radius 1 is 1.54 bits per heavy atom. The highest BCUT2D eigenvalue weighted by Crippen LogP contribution is 2.18. The number of nitrogens with one attached hydrogen (secondary N) is 1. The maximum absolute atomic E-state index is 10.5. The van der Waals surface area contributed by atoms with E-state index >= 15 is 0 Å². The Morgan fingerprint density at radius 3 is 2.69 bits per heavy atom. The van der Waals surface area contributed by atoms with Gasteiger partial charge in [0.2, 0.25) is 6.41 Å². The Kier molecular flexibility index (Phi) is 3.24. The highest BCUT2D eigenvalue weighted by Gasteiger charge is 2.05. The molecular weight excluding hydrogens is 285 g/mol. The van der Waals surface area contributed by atoms with Gasteiger partial charge >= 0.3 is 5.97 Å². The van der Waals surface area contributed by atoms with Crippen LogP contribution in [0.2, 0.25) is 0 Å². The number of hydrogen-bond acceptors (Lipinski definition) is 2. The van der Waals surface area contributed by atoms with Crippen molar-refractivity contribution in [1.82, 2.24) is 0 Å². The number of anilines is 1. The van der Waals surface area contributed by atoms with Crippen molar-refractivity contribution in [2.45, 2.75) is 0 Å². The highest BCUT2D eigenvalue weighted by atomic mass is 127. The monoisotopic (exact) mass is 291 g/mol. The van der Waals surface area contributed by atoms with Gasteiger partial charge in [0.05, 0.1) is 11.3 Å². The van der Waals surface area contributed by atoms with Crippen molar-refractivity contribution >= 4 is 40.7 Å². The average molecular weight is 291 g/mol. The molecule has 0 aliphatic carbocycles. The fraction of sp³-hybridized carbons (Fsp3) is 0. The molecule has 13 heavy (non-hydrogen) atoms. The lowest BCUT2D eigenvalue weighted by Gasteiger charge is -2.02. The van der Waals surface area contributed by atoms with E-state index in [1.54, 1.807) is 6.07 Å². The molecule has 0 saturated carbocycles. The van der Waals surface area contributed by atoms with Crippen molar-refractivity contribution in [2.24, 2.45) is 0 Å². The molecule has 2 N–H and O–H groups in total. The first-order chi connectivity index (χ1) is 6.15. The molecule has 0 fully saturated rings. The van der Waals surface area contributed by atoms with Gasteiger partial charge in [-0.05, 0) is 40.8 Å². The van der Waals surface area contributed by atoms with Crippen LogP contribution in [0, 0.1) is 3.57 Å². The lowest BCUT2D eigenvalue weighted by atomic mass is 10.2. The van der Waals surface area contributed by atoms with E-state index in [0.717, 1.165) is 0 Å². The van der Waals surface area contributed by atoms with Crippen molar-refractivity contribution in [3.05, 3.63) is 27.3 Å². The Bertz CT molecular complexity index is 351. The first kappa shape index (κ1) is 9.97. The van der Waals surface area contributed by atoms with E-state index in [1.165, 1.54) is 12.1 Å². The first-order valence-electron chi connectivity index (χ1n) is 3.38. The second-order valence-corrected chi connectivity index (χ2v) is 3.42. The molecule has 0 aliphatic rings. The molecule has 5 heteroatoms. The lowest BCUT2D eigenvalue weighted by Crippen LogP contribution is -2.00. The number of carboxylic acid groups (broad SMARTS) is 1. The van der Waals surface area contributed by atoms with Crippen molar-refractivity contribution < 1.29 is 14.7 Å². The minimum atomic E-state index is -0.976. The molecule has 0 heterocycles. The van der Waals surface area contributed by atoms with Crippen LogP contribution in [0.3, 0.4) is 0 Å². The molecule has 0 aromatic heterocycles. The van der Waals surface area contributed by atoms with E-state index in [0.29, 0.717) is 15.7 Å². The molecule has 1 aromatic carbocycles. The number of benzene rings is 1. The maximum Gasteiger partial charge on any atom is 0.335 e. The molecule has 4 nitrogen and oxygen atoms in total. The van der Waals surface area contributed by atoms with Gasteiger partial charge in [-0.25, -0.2) is 4.79 Å². The van der Waals surface area contributed by atoms with Crippen LogP contribution in [-0.2, 0) is 4.79 Å². The van der Waals surface area contributed by atoms with Crippen LogP contribution in [0.25, 0.3) is 0 Å². The zero-order chi connectivity index (χ0) is 9.84. The Balaban J connectivity index is 3.04. The molecule has 0 atom stereocenters. The van der Waals surface area contributed by atoms with Crippen LogP contribution >= 0.6 is 22.6 Å². The molecule has 0 spiro atoms. The van der Waals surface area contributed by atoms with Crippen LogP contribution in [0.5, 0.6) is 0 Å². The predicted molar refractivity (Wildman–Crippen MR) is 55.8 cm³/mol. The standard InChI is InChI=1S/C8H6INO3/c9-6-3-5(8(12)13)1-2-7(6)10-4-11/h1-4H,(H,10,11)(H,12,13). The fourth-order valence-corrected chi connectivity index (χ4v) is 1.50. The molecule has 1 amide bonds. The summed E-state index contributed by atoms with van der Waals surface area (Å²) in [5.41, 5.74) is 0.821. The Labute approximate surface area is 88.1 Å². The van der Waals surface area contributed by atoms with Gasteiger partial charge in [-0.1, -0.05) is 0 Å². The molecule has 68 valence electrons. The molecule has 0 unspecified atom stereocenters. The van der Waals surface area contributed by atoms with E-state index < -0.39 is 5.97 Å². The largest absolute Gasteiger partial charge is 0.478 e. The van der Waals surface area contributed by atoms with Crippen molar-refractivity contribution in [1.29, 1.82) is 0 Å². The summed E-state index contributed by atoms with van der Waals surface area (Å²) < 4.78 is 0.699. The fourth-order valence-electron chi connectivity index (χ4n) is 0.829. The summed E-state index contributed by atoms with van der Waals surface area (Å²) in [6.45, 7) is 0. The molecule has 1 aromatic rings. The third kappa shape index (κ3) is 2.41. The zero-order valence-corrected chi connectivity index (χ0v) is 8.61. The Hall–Kier alpha value is -1.11. The van der Waals surface area contributed by atoms with Crippen LogP contribution in [0.15, 0.2) is 18.2 Å². The number of amides is 1. The average Bonchev–Trinajstić information content (AvgIpc) is 2.08. The van der Waals surface area contributed by atoms with Crippen molar-refractivity contribution in [2.75, 3.05) is 5.32 Å². The summed E-state index contributed by atoms with van der Waals surface area (Å²) >= 11 is 1.96. The summed E-state index contributed by atoms with van der Waals surface area (Å²) in [6, 6.07) is 4.49. The van der Waals surface area contributed by atoms with Crippen molar-refractivity contribution in [3.63, 3.8) is 0 Å². The molecular formula is C8H6INO3. The zero-order valence-electron chi connectivity index (χ0n) is 6.45. The van der Waals surface area contributed by atoms with Crippen LogP contribution < -0.4 is 5.32 Å². The van der Waals surface area contributed by atoms with Gasteiger partial charge in [-0.2, -0.15) is 0 Å². The van der Waals surface area contributed by atoms with Gasteiger partial charge in [-0.15, -0.1) is 0 Å². The summed E-state index contributed by atoms with van der Waals surface area (Å²) in [4.78, 5) is 20.6. The number of hydrogen-bond donors (Lipinski definition) is 2. The number of carbonyl (C=O) groups is 2. The van der Waals surface area contributed by atoms with E-state index in [9.17, 15) is 9.59 Å². The van der Waals surface area contributed by atoms with E-state index in [2.05, 4.69) is 5.32 Å². The number of aromatic carboxylic acids is 1. The smallest absolute Gasteiger partial charge is 0.335 e. The van der Waals surface area contributed by atoms with Gasteiger partial charge in [0.1, 0.15) is 0 Å². The molecule has 0 bridgehead atoms. The normalized spacial score (nSPS) is 9.31. The molecule has 0 radical (unpaired) electrons. The second-order valence-electron chi connectivity index (χ2n) is 2.26. The van der Waals surface area contributed by atoms with E-state index in [1.807, 2.05) is 22.6 Å². The Morgan fingerprint density at radius 2 is 2.23 bits per heavy atom. The van der Waals surface area contributed by atoms with Gasteiger partial charge < -0.3 is 10.4 Å². The minimum Gasteiger partial charge on any atom is -0.478 e. The molecule has 0 aliphatic heterocycles. The number of carboxylic acids is 1. The number of carbonyl (C=O) groups excluding carboxylic acids is 1. The summed E-state index contributed by atoms with van der Waals surface area (Å²) in [7, 11) is 0. The number of halogens is 1. The predicted octanol–water partition coefficient (Wildman–Crippen LogP) is 1.56. The van der Waals surface area contributed by atoms with Crippen LogP contribution in [0.4, 0.5) is 5.69 Å². The van der Waals surface area contributed by atoms with Gasteiger partial charge in [0.25, 0.3) is 0 Å². The van der Waals surface area contributed by atoms with E-state index in [4.69, 9.17) is 5.11 Å². The van der Waals surface area contributed by atoms with E-state index in [-0.39, 0.29) is 5.56 Å².